The van der Waals surface area contributed by atoms with E-state index in [4.69, 9.17) is 0 Å². The maximum Gasteiger partial charge on any atom is 0.573 e. The molecule has 9 nitrogen and oxygen atoms in total. The van der Waals surface area contributed by atoms with Crippen molar-refractivity contribution in [3.05, 3.63) is 54.7 Å². The molecule has 37 heavy (non-hydrogen) atoms. The van der Waals surface area contributed by atoms with Gasteiger partial charge in [-0.05, 0) is 42.8 Å². The molecule has 2 aromatic heterocycles. The first kappa shape index (κ1) is 25.1. The zero-order valence-electron chi connectivity index (χ0n) is 19.1. The van der Waals surface area contributed by atoms with Crippen molar-refractivity contribution >= 4 is 39.0 Å². The smallest absolute Gasteiger partial charge is 0.406 e. The van der Waals surface area contributed by atoms with Gasteiger partial charge in [-0.25, -0.2) is 9.97 Å². The van der Waals surface area contributed by atoms with Gasteiger partial charge in [0.25, 0.3) is 0 Å². The highest BCUT2D eigenvalue weighted by molar-refractivity contribution is 7.21. The molecule has 0 radical (unpaired) electrons. The Kier molecular flexibility index (Phi) is 6.86. The minimum Gasteiger partial charge on any atom is -0.406 e. The van der Waals surface area contributed by atoms with Crippen molar-refractivity contribution in [2.45, 2.75) is 31.0 Å². The Morgan fingerprint density at radius 2 is 1.78 bits per heavy atom. The van der Waals surface area contributed by atoms with E-state index in [0.29, 0.717) is 28.5 Å². The van der Waals surface area contributed by atoms with Crippen molar-refractivity contribution in [1.29, 1.82) is 0 Å². The van der Waals surface area contributed by atoms with Crippen molar-refractivity contribution in [1.82, 2.24) is 15.0 Å². The van der Waals surface area contributed by atoms with Gasteiger partial charge in [0.05, 0.1) is 27.9 Å². The Morgan fingerprint density at radius 1 is 1.03 bits per heavy atom. The van der Waals surface area contributed by atoms with Crippen LogP contribution in [0.4, 0.5) is 30.6 Å². The number of nitrogens with zero attached hydrogens (tertiary/aromatic N) is 3. The van der Waals surface area contributed by atoms with Gasteiger partial charge in [-0.3, -0.25) is 0 Å². The summed E-state index contributed by atoms with van der Waals surface area (Å²) in [5, 5.41) is 37.0. The summed E-state index contributed by atoms with van der Waals surface area (Å²) in [6.07, 6.45) is -5.15. The minimum atomic E-state index is -4.79. The van der Waals surface area contributed by atoms with E-state index in [-0.39, 0.29) is 18.3 Å². The van der Waals surface area contributed by atoms with Crippen LogP contribution in [-0.2, 0) is 0 Å². The summed E-state index contributed by atoms with van der Waals surface area (Å²) in [6, 6.07) is 12.1. The number of hydrogen-bond acceptors (Lipinski definition) is 10. The number of rotatable bonds is 7. The van der Waals surface area contributed by atoms with Gasteiger partial charge in [-0.2, -0.15) is 4.98 Å². The van der Waals surface area contributed by atoms with Crippen LogP contribution in [-0.4, -0.2) is 61.5 Å². The Morgan fingerprint density at radius 3 is 2.46 bits per heavy atom. The second-order valence-electron chi connectivity index (χ2n) is 8.55. The normalized spacial score (nSPS) is 21.8. The number of nitrogens with one attached hydrogen (secondary N) is 2. The molecular formula is C24H22F3N5O4S. The van der Waals surface area contributed by atoms with Crippen molar-refractivity contribution < 1.29 is 33.2 Å². The van der Waals surface area contributed by atoms with Crippen molar-refractivity contribution in [2.75, 3.05) is 17.2 Å². The van der Waals surface area contributed by atoms with Gasteiger partial charge in [0, 0.05) is 24.4 Å². The number of halogens is 3. The molecule has 13 heteroatoms. The molecule has 0 bridgehead atoms. The number of benzene rings is 2. The molecule has 2 heterocycles. The van der Waals surface area contributed by atoms with Crippen LogP contribution >= 0.6 is 11.3 Å². The molecule has 1 aliphatic carbocycles. The van der Waals surface area contributed by atoms with Crippen LogP contribution in [0.1, 0.15) is 6.42 Å². The summed E-state index contributed by atoms with van der Waals surface area (Å²) in [5.41, 5.74) is 1.79. The van der Waals surface area contributed by atoms with Gasteiger partial charge >= 0.3 is 6.36 Å². The Bertz CT molecular complexity index is 1350. The van der Waals surface area contributed by atoms with Crippen molar-refractivity contribution in [2.24, 2.45) is 5.92 Å². The summed E-state index contributed by atoms with van der Waals surface area (Å²) in [6.45, 7) is -0.272. The number of para-hydroxylation sites is 1. The molecule has 0 aliphatic heterocycles. The number of aliphatic hydroxyl groups excluding tert-OH is 3. The largest absolute Gasteiger partial charge is 0.573 e. The fourth-order valence-corrected chi connectivity index (χ4v) is 5.17. The molecule has 1 fully saturated rings. The van der Waals surface area contributed by atoms with Crippen LogP contribution in [0.2, 0.25) is 0 Å². The van der Waals surface area contributed by atoms with Crippen LogP contribution in [0.25, 0.3) is 20.8 Å². The van der Waals surface area contributed by atoms with E-state index < -0.39 is 30.5 Å². The molecule has 1 aliphatic rings. The van der Waals surface area contributed by atoms with Crippen LogP contribution in [0, 0.1) is 5.92 Å². The van der Waals surface area contributed by atoms with E-state index in [1.807, 2.05) is 24.3 Å². The third kappa shape index (κ3) is 5.59. The number of fused-ring (bicyclic) bond motifs is 1. The van der Waals surface area contributed by atoms with E-state index >= 15 is 0 Å². The van der Waals surface area contributed by atoms with Crippen LogP contribution in [0.3, 0.4) is 0 Å². The molecule has 4 atom stereocenters. The third-order valence-electron chi connectivity index (χ3n) is 6.02. The highest BCUT2D eigenvalue weighted by Gasteiger charge is 2.41. The number of aromatic nitrogens is 3. The quantitative estimate of drug-likeness (QED) is 0.240. The number of hydrogen-bond donors (Lipinski definition) is 5. The number of alkyl halides is 3. The zero-order chi connectivity index (χ0) is 26.2. The maximum absolute atomic E-state index is 12.4. The lowest BCUT2D eigenvalue weighted by Crippen LogP contribution is -2.35. The van der Waals surface area contributed by atoms with Gasteiger partial charge < -0.3 is 30.7 Å². The molecule has 194 valence electrons. The van der Waals surface area contributed by atoms with E-state index in [9.17, 15) is 28.5 Å². The summed E-state index contributed by atoms with van der Waals surface area (Å²) < 4.78 is 42.1. The molecule has 0 saturated heterocycles. The van der Waals surface area contributed by atoms with Gasteiger partial charge in [-0.1, -0.05) is 12.1 Å². The summed E-state index contributed by atoms with van der Waals surface area (Å²) in [4.78, 5) is 13.5. The first-order valence-corrected chi connectivity index (χ1v) is 12.1. The van der Waals surface area contributed by atoms with Gasteiger partial charge in [0.15, 0.2) is 0 Å². The highest BCUT2D eigenvalue weighted by atomic mass is 32.1. The zero-order valence-corrected chi connectivity index (χ0v) is 19.9. The lowest BCUT2D eigenvalue weighted by Gasteiger charge is -2.20. The van der Waals surface area contributed by atoms with Crippen LogP contribution < -0.4 is 15.4 Å². The molecule has 1 saturated carbocycles. The first-order valence-electron chi connectivity index (χ1n) is 11.3. The number of aliphatic hydroxyl groups is 3. The molecule has 5 N–H and O–H groups in total. The van der Waals surface area contributed by atoms with E-state index in [1.54, 1.807) is 6.20 Å². The lowest BCUT2D eigenvalue weighted by molar-refractivity contribution is -0.274. The molecule has 0 spiro atoms. The number of thiazole rings is 1. The minimum absolute atomic E-state index is 0.142. The summed E-state index contributed by atoms with van der Waals surface area (Å²) >= 11 is 1.44. The van der Waals surface area contributed by atoms with Crippen LogP contribution in [0.5, 0.6) is 5.75 Å². The fourth-order valence-electron chi connectivity index (χ4n) is 4.19. The fraction of sp³-hybridized carbons (Fsp3) is 0.292. The molecule has 4 unspecified atom stereocenters. The highest BCUT2D eigenvalue weighted by Crippen LogP contribution is 2.36. The third-order valence-corrected chi connectivity index (χ3v) is 7.09. The molecule has 2 aromatic carbocycles. The van der Waals surface area contributed by atoms with Crippen molar-refractivity contribution in [3.8, 4) is 16.3 Å². The summed E-state index contributed by atoms with van der Waals surface area (Å²) in [7, 11) is 0. The average Bonchev–Trinajstić information content (AvgIpc) is 3.41. The van der Waals surface area contributed by atoms with Gasteiger partial charge in [-0.15, -0.1) is 24.5 Å². The SMILES string of the molecule is OCC1CC(Nc2nc(Nc3ccc(OC(F)(F)F)cc3)ncc2-c2nc3ccccc3s2)C(O)C1O. The van der Waals surface area contributed by atoms with E-state index in [2.05, 4.69) is 30.3 Å². The van der Waals surface area contributed by atoms with Crippen molar-refractivity contribution in [3.63, 3.8) is 0 Å². The molecule has 4 aromatic rings. The van der Waals surface area contributed by atoms with Gasteiger partial charge in [0.1, 0.15) is 22.7 Å². The first-order chi connectivity index (χ1) is 17.7. The van der Waals surface area contributed by atoms with E-state index in [1.165, 1.54) is 23.5 Å². The topological polar surface area (TPSA) is 133 Å². The number of ether oxygens (including phenoxy) is 1. The Labute approximate surface area is 212 Å². The Hall–Kier alpha value is -3.52. The van der Waals surface area contributed by atoms with Gasteiger partial charge in [0.2, 0.25) is 5.95 Å². The molecule has 0 amide bonds. The predicted octanol–water partition coefficient (Wildman–Crippen LogP) is 3.91. The predicted molar refractivity (Wildman–Crippen MR) is 132 cm³/mol. The maximum atomic E-state index is 12.4. The summed E-state index contributed by atoms with van der Waals surface area (Å²) in [5.74, 6) is -0.373. The lowest BCUT2D eigenvalue weighted by atomic mass is 10.1. The second kappa shape index (κ2) is 10.1. The second-order valence-corrected chi connectivity index (χ2v) is 9.58. The average molecular weight is 534 g/mol. The Balaban J connectivity index is 1.45. The molecular weight excluding hydrogens is 511 g/mol. The van der Waals surface area contributed by atoms with Crippen LogP contribution in [0.15, 0.2) is 54.7 Å². The number of anilines is 3. The monoisotopic (exact) mass is 533 g/mol. The standard InChI is InChI=1S/C24H22F3N5O4S/c25-24(26,27)36-14-7-5-13(6-8-14)29-23-28-10-15(22-31-16-3-1-2-4-18(16)37-22)21(32-23)30-17-9-12(11-33)19(34)20(17)35/h1-8,10,12,17,19-20,33-35H,9,11H2,(H2,28,29,30,32). The molecule has 5 rings (SSSR count). The van der Waals surface area contributed by atoms with E-state index in [0.717, 1.165) is 22.3 Å².